The molecule has 1 aliphatic rings. The summed E-state index contributed by atoms with van der Waals surface area (Å²) in [6.45, 7) is 8.84. The minimum absolute atomic E-state index is 0.707. The van der Waals surface area contributed by atoms with Crippen LogP contribution in [-0.2, 0) is 0 Å². The summed E-state index contributed by atoms with van der Waals surface area (Å²) in [4.78, 5) is 0. The molecule has 0 nitrogen and oxygen atoms in total. The van der Waals surface area contributed by atoms with Crippen LogP contribution in [0.25, 0.3) is 0 Å². The fraction of sp³-hybridized carbons (Fsp3) is 0.500. The van der Waals surface area contributed by atoms with E-state index in [0.29, 0.717) is 5.92 Å². The predicted octanol–water partition coefficient (Wildman–Crippen LogP) is 3.87. The van der Waals surface area contributed by atoms with Crippen LogP contribution in [0.5, 0.6) is 0 Å². The SMILES string of the molecule is CCC(C)C1=CC(=C(C)C)C=C1. The Morgan fingerprint density at radius 1 is 1.33 bits per heavy atom. The Morgan fingerprint density at radius 2 is 2.00 bits per heavy atom. The Morgan fingerprint density at radius 3 is 2.42 bits per heavy atom. The largest absolute Gasteiger partial charge is 0.0692 e. The average Bonchev–Trinajstić information content (AvgIpc) is 2.51. The molecule has 0 saturated heterocycles. The van der Waals surface area contributed by atoms with E-state index in [1.807, 2.05) is 0 Å². The van der Waals surface area contributed by atoms with Crippen LogP contribution >= 0.6 is 0 Å². The highest BCUT2D eigenvalue weighted by Crippen LogP contribution is 2.25. The van der Waals surface area contributed by atoms with Crippen LogP contribution < -0.4 is 0 Å². The summed E-state index contributed by atoms with van der Waals surface area (Å²) < 4.78 is 0. The van der Waals surface area contributed by atoms with Gasteiger partial charge in [0.1, 0.15) is 0 Å². The monoisotopic (exact) mass is 162 g/mol. The van der Waals surface area contributed by atoms with Crippen LogP contribution in [0.4, 0.5) is 0 Å². The fourth-order valence-corrected chi connectivity index (χ4v) is 1.32. The Balaban J connectivity index is 2.81. The number of rotatable bonds is 2. The molecule has 0 saturated carbocycles. The van der Waals surface area contributed by atoms with Gasteiger partial charge in [0.05, 0.1) is 0 Å². The topological polar surface area (TPSA) is 0 Å². The van der Waals surface area contributed by atoms with Crippen molar-refractivity contribution in [1.29, 1.82) is 0 Å². The first-order valence-electron chi connectivity index (χ1n) is 4.72. The van der Waals surface area contributed by atoms with Crippen LogP contribution in [0.3, 0.4) is 0 Å². The molecule has 0 aromatic rings. The van der Waals surface area contributed by atoms with Gasteiger partial charge in [0, 0.05) is 0 Å². The minimum Gasteiger partial charge on any atom is -0.0692 e. The zero-order valence-corrected chi connectivity index (χ0v) is 8.52. The number of hydrogen-bond acceptors (Lipinski definition) is 0. The van der Waals surface area contributed by atoms with Crippen molar-refractivity contribution in [2.45, 2.75) is 34.1 Å². The lowest BCUT2D eigenvalue weighted by Crippen LogP contribution is -1.92. The molecule has 1 atom stereocenters. The molecular formula is C12H18. The van der Waals surface area contributed by atoms with Gasteiger partial charge in [-0.15, -0.1) is 0 Å². The second kappa shape index (κ2) is 3.75. The van der Waals surface area contributed by atoms with E-state index in [-0.39, 0.29) is 0 Å². The maximum atomic E-state index is 2.31. The zero-order valence-electron chi connectivity index (χ0n) is 8.52. The summed E-state index contributed by atoms with van der Waals surface area (Å²) in [5, 5.41) is 0. The molecule has 0 N–H and O–H groups in total. The van der Waals surface area contributed by atoms with Crippen molar-refractivity contribution in [3.05, 3.63) is 34.9 Å². The average molecular weight is 162 g/mol. The van der Waals surface area contributed by atoms with E-state index >= 15 is 0 Å². The highest BCUT2D eigenvalue weighted by molar-refractivity contribution is 5.48. The zero-order chi connectivity index (χ0) is 9.14. The fourth-order valence-electron chi connectivity index (χ4n) is 1.32. The van der Waals surface area contributed by atoms with Gasteiger partial charge in [0.25, 0.3) is 0 Å². The third kappa shape index (κ3) is 1.88. The molecule has 12 heavy (non-hydrogen) atoms. The maximum Gasteiger partial charge on any atom is -0.0193 e. The van der Waals surface area contributed by atoms with Gasteiger partial charge in [-0.3, -0.25) is 0 Å². The maximum absolute atomic E-state index is 2.31. The summed E-state index contributed by atoms with van der Waals surface area (Å²) in [5.74, 6) is 0.707. The molecule has 1 aliphatic carbocycles. The lowest BCUT2D eigenvalue weighted by atomic mass is 9.99. The van der Waals surface area contributed by atoms with Gasteiger partial charge in [-0.25, -0.2) is 0 Å². The van der Waals surface area contributed by atoms with E-state index in [0.717, 1.165) is 0 Å². The van der Waals surface area contributed by atoms with Crippen molar-refractivity contribution in [2.75, 3.05) is 0 Å². The molecule has 0 fully saturated rings. The molecule has 0 heterocycles. The van der Waals surface area contributed by atoms with Crippen molar-refractivity contribution in [1.82, 2.24) is 0 Å². The number of allylic oxidation sites excluding steroid dienone is 6. The number of hydrogen-bond donors (Lipinski definition) is 0. The molecule has 0 bridgehead atoms. The van der Waals surface area contributed by atoms with E-state index in [1.54, 1.807) is 0 Å². The molecule has 0 amide bonds. The van der Waals surface area contributed by atoms with Crippen molar-refractivity contribution < 1.29 is 0 Å². The molecule has 1 rings (SSSR count). The van der Waals surface area contributed by atoms with Gasteiger partial charge < -0.3 is 0 Å². The van der Waals surface area contributed by atoms with Gasteiger partial charge >= 0.3 is 0 Å². The van der Waals surface area contributed by atoms with Gasteiger partial charge in [-0.05, 0) is 37.3 Å². The van der Waals surface area contributed by atoms with Crippen LogP contribution in [0.15, 0.2) is 34.9 Å². The van der Waals surface area contributed by atoms with Crippen molar-refractivity contribution in [3.8, 4) is 0 Å². The predicted molar refractivity (Wildman–Crippen MR) is 55.1 cm³/mol. The van der Waals surface area contributed by atoms with Gasteiger partial charge in [-0.2, -0.15) is 0 Å². The summed E-state index contributed by atoms with van der Waals surface area (Å²) in [6.07, 6.45) is 8.00. The second-order valence-corrected chi connectivity index (χ2v) is 3.74. The Bertz CT molecular complexity index is 247. The summed E-state index contributed by atoms with van der Waals surface area (Å²) in [7, 11) is 0. The third-order valence-corrected chi connectivity index (χ3v) is 2.54. The first-order chi connectivity index (χ1) is 5.65. The van der Waals surface area contributed by atoms with E-state index < -0.39 is 0 Å². The van der Waals surface area contributed by atoms with E-state index in [9.17, 15) is 0 Å². The smallest absolute Gasteiger partial charge is 0.0193 e. The van der Waals surface area contributed by atoms with Gasteiger partial charge in [0.15, 0.2) is 0 Å². The molecule has 66 valence electrons. The second-order valence-electron chi connectivity index (χ2n) is 3.74. The normalized spacial score (nSPS) is 18.0. The molecule has 0 aromatic heterocycles. The first-order valence-corrected chi connectivity index (χ1v) is 4.72. The van der Waals surface area contributed by atoms with Crippen molar-refractivity contribution in [2.24, 2.45) is 5.92 Å². The molecule has 1 unspecified atom stereocenters. The highest BCUT2D eigenvalue weighted by atomic mass is 14.1. The molecule has 0 heteroatoms. The van der Waals surface area contributed by atoms with Gasteiger partial charge in [0.2, 0.25) is 0 Å². The summed E-state index contributed by atoms with van der Waals surface area (Å²) in [5.41, 5.74) is 4.28. The van der Waals surface area contributed by atoms with Crippen molar-refractivity contribution in [3.63, 3.8) is 0 Å². The van der Waals surface area contributed by atoms with E-state index in [4.69, 9.17) is 0 Å². The van der Waals surface area contributed by atoms with E-state index in [1.165, 1.54) is 23.1 Å². The van der Waals surface area contributed by atoms with E-state index in [2.05, 4.69) is 45.9 Å². The standard InChI is InChI=1S/C12H18/c1-5-10(4)12-7-6-11(8-12)9(2)3/h6-8,10H,5H2,1-4H3. The lowest BCUT2D eigenvalue weighted by molar-refractivity contribution is 0.672. The molecule has 0 radical (unpaired) electrons. The van der Waals surface area contributed by atoms with Crippen LogP contribution in [-0.4, -0.2) is 0 Å². The summed E-state index contributed by atoms with van der Waals surface area (Å²) >= 11 is 0. The Hall–Kier alpha value is -0.780. The molecule has 0 aromatic carbocycles. The molecule has 0 aliphatic heterocycles. The van der Waals surface area contributed by atoms with Crippen LogP contribution in [0.2, 0.25) is 0 Å². The quantitative estimate of drug-likeness (QED) is 0.578. The minimum atomic E-state index is 0.707. The van der Waals surface area contributed by atoms with Crippen molar-refractivity contribution >= 4 is 0 Å². The third-order valence-electron chi connectivity index (χ3n) is 2.54. The van der Waals surface area contributed by atoms with Crippen LogP contribution in [0.1, 0.15) is 34.1 Å². The highest BCUT2D eigenvalue weighted by Gasteiger charge is 2.08. The first kappa shape index (κ1) is 9.31. The molecule has 0 spiro atoms. The lowest BCUT2D eigenvalue weighted by Gasteiger charge is -2.06. The van der Waals surface area contributed by atoms with Gasteiger partial charge in [-0.1, -0.05) is 37.6 Å². The summed E-state index contributed by atoms with van der Waals surface area (Å²) in [6, 6.07) is 0. The molecular weight excluding hydrogens is 144 g/mol. The Kier molecular flexibility index (Phi) is 2.91. The van der Waals surface area contributed by atoms with Crippen LogP contribution in [0, 0.1) is 5.92 Å². The Labute approximate surface area is 75.7 Å².